The van der Waals surface area contributed by atoms with Gasteiger partial charge in [0, 0.05) is 18.2 Å². The molecule has 224 valence electrons. The fourth-order valence-corrected chi connectivity index (χ4v) is 4.44. The molecule has 9 nitrogen and oxygen atoms in total. The van der Waals surface area contributed by atoms with Crippen LogP contribution in [0.1, 0.15) is 35.4 Å². The van der Waals surface area contributed by atoms with Crippen LogP contribution in [0, 0.1) is 11.6 Å². The first-order valence-electron chi connectivity index (χ1n) is 12.5. The Hall–Kier alpha value is -4.53. The molecular weight excluding hydrogens is 583 g/mol. The maximum Gasteiger partial charge on any atom is 0.573 e. The van der Waals surface area contributed by atoms with Gasteiger partial charge in [-0.1, -0.05) is 23.5 Å². The average Bonchev–Trinajstić information content (AvgIpc) is 3.30. The van der Waals surface area contributed by atoms with E-state index in [2.05, 4.69) is 25.6 Å². The highest BCUT2D eigenvalue weighted by molar-refractivity contribution is 7.15. The number of aromatic nitrogens is 2. The molecule has 0 atom stereocenters. The van der Waals surface area contributed by atoms with Gasteiger partial charge in [-0.2, -0.15) is 0 Å². The van der Waals surface area contributed by atoms with Crippen molar-refractivity contribution in [3.05, 3.63) is 93.9 Å². The third-order valence-corrected chi connectivity index (χ3v) is 6.26. The SMILES string of the molecule is N/C(=C\C=C(/N)NC(=O)Cc1cccc(OC(F)(F)F)c1)CCCCc1nnc(NC(=O)Cc2cc(F)cc(F)c2)s1. The van der Waals surface area contributed by atoms with E-state index in [1.165, 1.54) is 35.6 Å². The average molecular weight is 611 g/mol. The molecule has 0 aliphatic carbocycles. The summed E-state index contributed by atoms with van der Waals surface area (Å²) in [5.74, 6) is -2.96. The van der Waals surface area contributed by atoms with Crippen molar-refractivity contribution in [1.82, 2.24) is 15.5 Å². The van der Waals surface area contributed by atoms with Crippen LogP contribution >= 0.6 is 11.3 Å². The van der Waals surface area contributed by atoms with Gasteiger partial charge in [-0.15, -0.1) is 23.4 Å². The zero-order valence-electron chi connectivity index (χ0n) is 22.0. The predicted octanol–water partition coefficient (Wildman–Crippen LogP) is 4.61. The number of allylic oxidation sites excluding steroid dienone is 3. The molecule has 1 aromatic heterocycles. The van der Waals surface area contributed by atoms with Crippen molar-refractivity contribution in [2.45, 2.75) is 44.9 Å². The number of ether oxygens (including phenoxy) is 1. The van der Waals surface area contributed by atoms with Crippen LogP contribution in [0.25, 0.3) is 0 Å². The van der Waals surface area contributed by atoms with E-state index in [-0.39, 0.29) is 29.4 Å². The number of nitrogens with one attached hydrogen (secondary N) is 2. The summed E-state index contributed by atoms with van der Waals surface area (Å²) in [7, 11) is 0. The first-order chi connectivity index (χ1) is 19.8. The quantitative estimate of drug-likeness (QED) is 0.126. The normalized spacial score (nSPS) is 12.2. The van der Waals surface area contributed by atoms with Crippen molar-refractivity contribution in [2.24, 2.45) is 11.5 Å². The third kappa shape index (κ3) is 11.9. The number of hydrogen-bond acceptors (Lipinski definition) is 8. The lowest BCUT2D eigenvalue weighted by molar-refractivity contribution is -0.274. The van der Waals surface area contributed by atoms with E-state index >= 15 is 0 Å². The number of alkyl halides is 3. The van der Waals surface area contributed by atoms with Gasteiger partial charge in [-0.3, -0.25) is 9.59 Å². The van der Waals surface area contributed by atoms with Crippen LogP contribution in [-0.2, 0) is 28.9 Å². The van der Waals surface area contributed by atoms with Crippen molar-refractivity contribution < 1.29 is 36.3 Å². The van der Waals surface area contributed by atoms with Crippen molar-refractivity contribution in [3.63, 3.8) is 0 Å². The van der Waals surface area contributed by atoms with Crippen LogP contribution < -0.4 is 26.8 Å². The molecule has 1 heterocycles. The van der Waals surface area contributed by atoms with Gasteiger partial charge in [0.05, 0.1) is 12.8 Å². The highest BCUT2D eigenvalue weighted by Gasteiger charge is 2.31. The van der Waals surface area contributed by atoms with E-state index in [1.54, 1.807) is 0 Å². The van der Waals surface area contributed by atoms with Crippen LogP contribution in [0.5, 0.6) is 5.75 Å². The Balaban J connectivity index is 1.37. The second-order valence-electron chi connectivity index (χ2n) is 8.99. The first-order valence-corrected chi connectivity index (χ1v) is 13.3. The Bertz CT molecular complexity index is 1440. The second-order valence-corrected chi connectivity index (χ2v) is 10.1. The number of carbonyl (C=O) groups excluding carboxylic acids is 2. The van der Waals surface area contributed by atoms with Crippen molar-refractivity contribution in [1.29, 1.82) is 0 Å². The van der Waals surface area contributed by atoms with Gasteiger partial charge in [-0.25, -0.2) is 8.78 Å². The Morgan fingerprint density at radius 1 is 0.929 bits per heavy atom. The predicted molar refractivity (Wildman–Crippen MR) is 146 cm³/mol. The summed E-state index contributed by atoms with van der Waals surface area (Å²) in [6.07, 6.45) is 0.205. The number of carbonyl (C=O) groups is 2. The fourth-order valence-electron chi connectivity index (χ4n) is 3.64. The monoisotopic (exact) mass is 610 g/mol. The zero-order chi connectivity index (χ0) is 30.7. The number of benzene rings is 2. The summed E-state index contributed by atoms with van der Waals surface area (Å²) >= 11 is 1.19. The molecule has 0 spiro atoms. The first kappa shape index (κ1) is 32.0. The zero-order valence-corrected chi connectivity index (χ0v) is 22.8. The van der Waals surface area contributed by atoms with E-state index in [4.69, 9.17) is 11.5 Å². The smallest absolute Gasteiger partial charge is 0.406 e. The maximum absolute atomic E-state index is 13.3. The standard InChI is InChI=1S/C27H27F5N6O3S/c28-18-10-17(11-19(29)15-18)14-24(40)36-26-38-37-25(42-26)7-2-1-5-20(33)8-9-22(34)35-23(39)13-16-4-3-6-21(12-16)41-27(30,31)32/h3-4,6,8-12,15H,1-2,5,7,13-14,33-34H2,(H,35,39)(H,36,38,40)/b20-8-,22-9+. The molecule has 0 aliphatic rings. The Labute approximate surface area is 241 Å². The van der Waals surface area contributed by atoms with Crippen LogP contribution in [0.4, 0.5) is 27.1 Å². The minimum atomic E-state index is -4.83. The molecule has 2 amide bonds. The number of nitrogens with zero attached hydrogens (tertiary/aromatic N) is 2. The summed E-state index contributed by atoms with van der Waals surface area (Å²) in [4.78, 5) is 24.3. The summed E-state index contributed by atoms with van der Waals surface area (Å²) < 4.78 is 67.5. The number of rotatable bonds is 13. The highest BCUT2D eigenvalue weighted by Crippen LogP contribution is 2.23. The summed E-state index contributed by atoms with van der Waals surface area (Å²) in [5, 5.41) is 13.9. The van der Waals surface area contributed by atoms with Crippen LogP contribution in [0.2, 0.25) is 0 Å². The molecule has 2 aromatic carbocycles. The van der Waals surface area contributed by atoms with Gasteiger partial charge in [-0.05, 0) is 66.8 Å². The Morgan fingerprint density at radius 3 is 2.36 bits per heavy atom. The molecule has 15 heteroatoms. The van der Waals surface area contributed by atoms with E-state index in [0.29, 0.717) is 42.0 Å². The van der Waals surface area contributed by atoms with Gasteiger partial charge >= 0.3 is 6.36 Å². The molecule has 3 aromatic rings. The number of halogens is 5. The molecule has 0 bridgehead atoms. The van der Waals surface area contributed by atoms with Gasteiger partial charge in [0.1, 0.15) is 28.2 Å². The topological polar surface area (TPSA) is 145 Å². The summed E-state index contributed by atoms with van der Waals surface area (Å²) in [6, 6.07) is 7.96. The lowest BCUT2D eigenvalue weighted by atomic mass is 10.1. The van der Waals surface area contributed by atoms with E-state index in [1.807, 2.05) is 0 Å². The number of aryl methyl sites for hydroxylation is 1. The van der Waals surface area contributed by atoms with Gasteiger partial charge in [0.25, 0.3) is 0 Å². The molecule has 3 rings (SSSR count). The van der Waals surface area contributed by atoms with Crippen LogP contribution in [0.15, 0.2) is 66.1 Å². The van der Waals surface area contributed by atoms with E-state index in [9.17, 15) is 31.5 Å². The second kappa shape index (κ2) is 14.9. The van der Waals surface area contributed by atoms with Crippen LogP contribution in [0.3, 0.4) is 0 Å². The molecule has 0 radical (unpaired) electrons. The lowest BCUT2D eigenvalue weighted by Gasteiger charge is -2.10. The van der Waals surface area contributed by atoms with Gasteiger partial charge in [0.15, 0.2) is 0 Å². The Kier molecular flexibility index (Phi) is 11.4. The molecule has 0 saturated heterocycles. The molecular formula is C27H27F5N6O3S. The molecule has 0 fully saturated rings. The van der Waals surface area contributed by atoms with Gasteiger partial charge < -0.3 is 26.8 Å². The summed E-state index contributed by atoms with van der Waals surface area (Å²) in [6.45, 7) is 0. The van der Waals surface area contributed by atoms with Crippen molar-refractivity contribution >= 4 is 28.3 Å². The minimum absolute atomic E-state index is 0.0108. The number of nitrogens with two attached hydrogens (primary N) is 2. The van der Waals surface area contributed by atoms with Crippen LogP contribution in [-0.4, -0.2) is 28.4 Å². The summed E-state index contributed by atoms with van der Waals surface area (Å²) in [5.41, 5.74) is 12.8. The Morgan fingerprint density at radius 2 is 1.64 bits per heavy atom. The lowest BCUT2D eigenvalue weighted by Crippen LogP contribution is -2.28. The molecule has 0 aliphatic heterocycles. The number of anilines is 1. The van der Waals surface area contributed by atoms with Crippen molar-refractivity contribution in [3.8, 4) is 5.75 Å². The van der Waals surface area contributed by atoms with Crippen molar-refractivity contribution in [2.75, 3.05) is 5.32 Å². The number of amides is 2. The molecule has 6 N–H and O–H groups in total. The van der Waals surface area contributed by atoms with Gasteiger partial charge in [0.2, 0.25) is 16.9 Å². The third-order valence-electron chi connectivity index (χ3n) is 5.36. The number of unbranched alkanes of at least 4 members (excludes halogenated alkanes) is 1. The molecule has 0 saturated carbocycles. The largest absolute Gasteiger partial charge is 0.573 e. The minimum Gasteiger partial charge on any atom is -0.406 e. The molecule has 0 unspecified atom stereocenters. The fraction of sp³-hybridized carbons (Fsp3) is 0.259. The maximum atomic E-state index is 13.3. The molecule has 42 heavy (non-hydrogen) atoms. The highest BCUT2D eigenvalue weighted by atomic mass is 32.1. The van der Waals surface area contributed by atoms with E-state index < -0.39 is 35.6 Å². The number of hydrogen-bond donors (Lipinski definition) is 4. The van der Waals surface area contributed by atoms with E-state index in [0.717, 1.165) is 30.3 Å².